The van der Waals surface area contributed by atoms with Crippen molar-refractivity contribution in [1.29, 1.82) is 0 Å². The van der Waals surface area contributed by atoms with Crippen LogP contribution in [0.25, 0.3) is 0 Å². The fourth-order valence-electron chi connectivity index (χ4n) is 3.22. The number of fused-ring (bicyclic) bond motifs is 1. The van der Waals surface area contributed by atoms with E-state index in [-0.39, 0.29) is 0 Å². The fraction of sp³-hybridized carbons (Fsp3) is 0.350. The molecule has 0 saturated heterocycles. The molecule has 0 bridgehead atoms. The predicted molar refractivity (Wildman–Crippen MR) is 101 cm³/mol. The maximum atomic E-state index is 12.3. The maximum Gasteiger partial charge on any atom is 0.344 e. The van der Waals surface area contributed by atoms with Crippen LogP contribution in [0.1, 0.15) is 36.0 Å². The predicted octanol–water partition coefficient (Wildman–Crippen LogP) is 3.83. The molecule has 26 heavy (non-hydrogen) atoms. The lowest BCUT2D eigenvalue weighted by atomic mass is 10.1. The fourth-order valence-corrected chi connectivity index (χ4v) is 3.22. The van der Waals surface area contributed by atoms with Crippen LogP contribution in [0.4, 0.5) is 11.4 Å². The number of cyclic esters (lactones) is 1. The number of carbonyl (C=O) groups is 1. The minimum Gasteiger partial charge on any atom is -0.493 e. The zero-order valence-corrected chi connectivity index (χ0v) is 15.5. The van der Waals surface area contributed by atoms with Crippen molar-refractivity contribution in [2.45, 2.75) is 20.1 Å². The molecule has 0 fully saturated rings. The highest BCUT2D eigenvalue weighted by Crippen LogP contribution is 2.42. The number of rotatable bonds is 7. The number of nitrogens with one attached hydrogen (secondary N) is 1. The van der Waals surface area contributed by atoms with Crippen molar-refractivity contribution >= 4 is 17.3 Å². The van der Waals surface area contributed by atoms with Crippen LogP contribution < -0.4 is 19.7 Å². The Hall–Kier alpha value is -2.89. The molecule has 0 saturated carbocycles. The molecule has 1 N–H and O–H groups in total. The van der Waals surface area contributed by atoms with Gasteiger partial charge in [-0.3, -0.25) is 0 Å². The van der Waals surface area contributed by atoms with E-state index in [2.05, 4.69) is 36.2 Å². The highest BCUT2D eigenvalue weighted by atomic mass is 16.6. The van der Waals surface area contributed by atoms with Gasteiger partial charge in [-0.1, -0.05) is 0 Å². The molecular weight excluding hydrogens is 332 g/mol. The molecule has 1 aliphatic rings. The number of hydrogen-bond donors (Lipinski definition) is 1. The normalized spacial score (nSPS) is 15.2. The highest BCUT2D eigenvalue weighted by molar-refractivity contribution is 5.98. The van der Waals surface area contributed by atoms with Gasteiger partial charge in [-0.25, -0.2) is 4.79 Å². The molecule has 2 aromatic carbocycles. The number of methoxy groups -OCH3 is 2. The smallest absolute Gasteiger partial charge is 0.344 e. The lowest BCUT2D eigenvalue weighted by Gasteiger charge is -2.21. The zero-order valence-electron chi connectivity index (χ0n) is 15.5. The molecule has 0 radical (unpaired) electrons. The first-order chi connectivity index (χ1) is 12.6. The number of anilines is 2. The van der Waals surface area contributed by atoms with Crippen molar-refractivity contribution in [2.24, 2.45) is 0 Å². The van der Waals surface area contributed by atoms with Crippen molar-refractivity contribution in [3.8, 4) is 11.5 Å². The van der Waals surface area contributed by atoms with Crippen molar-refractivity contribution < 1.29 is 19.0 Å². The molecule has 2 aromatic rings. The lowest BCUT2D eigenvalue weighted by molar-refractivity contribution is 0.0435. The summed E-state index contributed by atoms with van der Waals surface area (Å²) in [5.74, 6) is 0.483. The third-order valence-corrected chi connectivity index (χ3v) is 4.58. The van der Waals surface area contributed by atoms with Gasteiger partial charge in [0.2, 0.25) is 6.23 Å². The van der Waals surface area contributed by atoms with E-state index in [4.69, 9.17) is 14.2 Å². The average Bonchev–Trinajstić information content (AvgIpc) is 2.99. The summed E-state index contributed by atoms with van der Waals surface area (Å²) >= 11 is 0. The molecule has 0 aliphatic carbocycles. The monoisotopic (exact) mass is 356 g/mol. The SMILES string of the molecule is CCN(CC)c1ccc(N[C@@H]2OC(=O)c3c2ccc(OC)c3OC)cc1. The number of esters is 1. The number of benzene rings is 2. The molecule has 0 amide bonds. The second-order valence-corrected chi connectivity index (χ2v) is 5.91. The van der Waals surface area contributed by atoms with Crippen molar-refractivity contribution in [1.82, 2.24) is 0 Å². The highest BCUT2D eigenvalue weighted by Gasteiger charge is 2.35. The van der Waals surface area contributed by atoms with E-state index >= 15 is 0 Å². The maximum absolute atomic E-state index is 12.3. The van der Waals surface area contributed by atoms with Crippen LogP contribution in [-0.2, 0) is 4.74 Å². The first-order valence-corrected chi connectivity index (χ1v) is 8.70. The molecular formula is C20H24N2O4. The van der Waals surface area contributed by atoms with Crippen LogP contribution >= 0.6 is 0 Å². The van der Waals surface area contributed by atoms with Crippen molar-refractivity contribution in [3.05, 3.63) is 47.5 Å². The zero-order chi connectivity index (χ0) is 18.7. The van der Waals surface area contributed by atoms with Gasteiger partial charge in [-0.2, -0.15) is 0 Å². The third kappa shape index (κ3) is 3.14. The van der Waals surface area contributed by atoms with E-state index in [1.54, 1.807) is 6.07 Å². The molecule has 0 unspecified atom stereocenters. The van der Waals surface area contributed by atoms with Gasteiger partial charge in [-0.05, 0) is 50.2 Å². The number of hydrogen-bond acceptors (Lipinski definition) is 6. The van der Waals surface area contributed by atoms with Gasteiger partial charge in [0, 0.05) is 30.0 Å². The summed E-state index contributed by atoms with van der Waals surface area (Å²) in [4.78, 5) is 14.6. The first-order valence-electron chi connectivity index (χ1n) is 8.70. The van der Waals surface area contributed by atoms with Gasteiger partial charge < -0.3 is 24.4 Å². The summed E-state index contributed by atoms with van der Waals surface area (Å²) in [7, 11) is 3.05. The number of ether oxygens (including phenoxy) is 3. The standard InChI is InChI=1S/C20H24N2O4/c1-5-22(6-2)14-9-7-13(8-10-14)21-19-15-11-12-16(24-3)18(25-4)17(15)20(23)26-19/h7-12,19,21H,5-6H2,1-4H3/t19-/m1/s1. The first kappa shape index (κ1) is 17.9. The Balaban J connectivity index is 1.84. The molecule has 1 aliphatic heterocycles. The van der Waals surface area contributed by atoms with Gasteiger partial charge in [0.25, 0.3) is 0 Å². The van der Waals surface area contributed by atoms with E-state index in [0.29, 0.717) is 17.1 Å². The Morgan fingerprint density at radius 1 is 1.04 bits per heavy atom. The molecule has 0 spiro atoms. The van der Waals surface area contributed by atoms with Crippen LogP contribution in [0.3, 0.4) is 0 Å². The van der Waals surface area contributed by atoms with Gasteiger partial charge in [0.15, 0.2) is 11.5 Å². The summed E-state index contributed by atoms with van der Waals surface area (Å²) in [5, 5.41) is 3.26. The minimum absolute atomic E-state index is 0.399. The van der Waals surface area contributed by atoms with E-state index < -0.39 is 12.2 Å². The third-order valence-electron chi connectivity index (χ3n) is 4.58. The van der Waals surface area contributed by atoms with Crippen LogP contribution in [0, 0.1) is 0 Å². The molecule has 6 nitrogen and oxygen atoms in total. The Morgan fingerprint density at radius 3 is 2.31 bits per heavy atom. The number of carbonyl (C=O) groups excluding carboxylic acids is 1. The summed E-state index contributed by atoms with van der Waals surface area (Å²) in [6.07, 6.45) is -0.559. The molecule has 3 rings (SSSR count). The number of nitrogens with zero attached hydrogens (tertiary/aromatic N) is 1. The second kappa shape index (κ2) is 7.56. The molecule has 1 atom stereocenters. The van der Waals surface area contributed by atoms with Crippen LogP contribution in [0.15, 0.2) is 36.4 Å². The Morgan fingerprint density at radius 2 is 1.73 bits per heavy atom. The average molecular weight is 356 g/mol. The van der Waals surface area contributed by atoms with Crippen molar-refractivity contribution in [3.63, 3.8) is 0 Å². The Bertz CT molecular complexity index is 785. The summed E-state index contributed by atoms with van der Waals surface area (Å²) in [5.41, 5.74) is 3.18. The van der Waals surface area contributed by atoms with Gasteiger partial charge in [-0.15, -0.1) is 0 Å². The van der Waals surface area contributed by atoms with Crippen LogP contribution in [0.5, 0.6) is 11.5 Å². The Kier molecular flexibility index (Phi) is 5.21. The lowest BCUT2D eigenvalue weighted by Crippen LogP contribution is -2.21. The van der Waals surface area contributed by atoms with Gasteiger partial charge in [0.05, 0.1) is 14.2 Å². The van der Waals surface area contributed by atoms with Crippen LogP contribution in [0.2, 0.25) is 0 Å². The minimum atomic E-state index is -0.559. The summed E-state index contributed by atoms with van der Waals surface area (Å²) in [6, 6.07) is 11.7. The van der Waals surface area contributed by atoms with E-state index in [1.165, 1.54) is 14.2 Å². The molecule has 1 heterocycles. The molecule has 6 heteroatoms. The van der Waals surface area contributed by atoms with Gasteiger partial charge in [0.1, 0.15) is 5.56 Å². The van der Waals surface area contributed by atoms with E-state index in [0.717, 1.165) is 30.0 Å². The van der Waals surface area contributed by atoms with E-state index in [1.807, 2.05) is 18.2 Å². The van der Waals surface area contributed by atoms with Crippen molar-refractivity contribution in [2.75, 3.05) is 37.5 Å². The topological polar surface area (TPSA) is 60.0 Å². The summed E-state index contributed by atoms with van der Waals surface area (Å²) in [6.45, 7) is 6.18. The Labute approximate surface area is 153 Å². The quantitative estimate of drug-likeness (QED) is 0.761. The molecule has 138 valence electrons. The second-order valence-electron chi connectivity index (χ2n) is 5.91. The van der Waals surface area contributed by atoms with Crippen LogP contribution in [-0.4, -0.2) is 33.3 Å². The van der Waals surface area contributed by atoms with Gasteiger partial charge >= 0.3 is 5.97 Å². The largest absolute Gasteiger partial charge is 0.493 e. The van der Waals surface area contributed by atoms with E-state index in [9.17, 15) is 4.79 Å². The summed E-state index contributed by atoms with van der Waals surface area (Å²) < 4.78 is 16.1. The molecule has 0 aromatic heterocycles.